The molecule has 4 aliphatic carbocycles. The summed E-state index contributed by atoms with van der Waals surface area (Å²) < 4.78 is 0. The molecule has 1 unspecified atom stereocenters. The molecule has 0 saturated heterocycles. The molecule has 1 aromatic carbocycles. The van der Waals surface area contributed by atoms with Crippen LogP contribution in [-0.2, 0) is 11.2 Å². The maximum absolute atomic E-state index is 12.7. The van der Waals surface area contributed by atoms with Crippen molar-refractivity contribution in [3.05, 3.63) is 39.9 Å². The van der Waals surface area contributed by atoms with E-state index in [1.54, 1.807) is 0 Å². The minimum atomic E-state index is -0.0219. The Hall–Kier alpha value is -1.19. The summed E-state index contributed by atoms with van der Waals surface area (Å²) in [6.07, 6.45) is 9.20. The quantitative estimate of drug-likeness (QED) is 0.466. The number of aromatic nitrogens is 1. The van der Waals surface area contributed by atoms with Gasteiger partial charge in [-0.05, 0) is 74.2 Å². The van der Waals surface area contributed by atoms with Gasteiger partial charge in [-0.15, -0.1) is 11.3 Å². The van der Waals surface area contributed by atoms with Gasteiger partial charge in [0.1, 0.15) is 10.8 Å². The first-order valence-electron chi connectivity index (χ1n) is 11.7. The van der Waals surface area contributed by atoms with Gasteiger partial charge in [-0.1, -0.05) is 43.6 Å². The number of halogens is 1. The van der Waals surface area contributed by atoms with Gasteiger partial charge < -0.3 is 0 Å². The van der Waals surface area contributed by atoms with Crippen molar-refractivity contribution < 1.29 is 4.79 Å². The zero-order valence-corrected chi connectivity index (χ0v) is 19.5. The van der Waals surface area contributed by atoms with E-state index in [0.29, 0.717) is 23.0 Å². The van der Waals surface area contributed by atoms with E-state index in [2.05, 4.69) is 26.0 Å². The number of rotatable bonds is 1. The molecular formula is C26H30ClNOS. The largest absolute Gasteiger partial charge is 0.299 e. The molecule has 1 heterocycles. The average Bonchev–Trinajstić information content (AvgIpc) is 3.29. The highest BCUT2D eigenvalue weighted by Crippen LogP contribution is 2.67. The number of ketones is 1. The van der Waals surface area contributed by atoms with Gasteiger partial charge in [-0.3, -0.25) is 4.79 Å². The highest BCUT2D eigenvalue weighted by Gasteiger charge is 2.60. The van der Waals surface area contributed by atoms with Crippen LogP contribution in [0, 0.1) is 28.6 Å². The monoisotopic (exact) mass is 439 g/mol. The summed E-state index contributed by atoms with van der Waals surface area (Å²) in [7, 11) is 0. The molecule has 4 heteroatoms. The molecule has 6 atom stereocenters. The molecule has 1 aromatic heterocycles. The third-order valence-electron chi connectivity index (χ3n) is 9.63. The maximum atomic E-state index is 12.7. The number of carbonyl (C=O) groups excluding carboxylic acids is 1. The Kier molecular flexibility index (Phi) is 4.32. The standard InChI is InChI=1S/C26H30ClNOS/c1-25-14-12-21-23(30-24(28-21)16-5-3-4-6-20(16)27)19(25)8-7-15-17-9-10-22(29)26(17,2)13-11-18(15)25/h3-6,15,17-19H,7-14H2,1-2H3/t15-,17-,18-,19?,25+,26-/m0/s1. The van der Waals surface area contributed by atoms with E-state index in [1.807, 2.05) is 23.5 Å². The smallest absolute Gasteiger partial charge is 0.139 e. The fraction of sp³-hybridized carbons (Fsp3) is 0.615. The summed E-state index contributed by atoms with van der Waals surface area (Å²) in [5.41, 5.74) is 2.73. The first-order chi connectivity index (χ1) is 14.4. The van der Waals surface area contributed by atoms with Crippen molar-refractivity contribution in [2.24, 2.45) is 28.6 Å². The van der Waals surface area contributed by atoms with E-state index in [9.17, 15) is 4.79 Å². The molecule has 158 valence electrons. The summed E-state index contributed by atoms with van der Waals surface area (Å²) in [6.45, 7) is 4.86. The third kappa shape index (κ3) is 2.54. The van der Waals surface area contributed by atoms with Crippen LogP contribution in [0.2, 0.25) is 5.02 Å². The van der Waals surface area contributed by atoms with Gasteiger partial charge in [0.15, 0.2) is 0 Å². The summed E-state index contributed by atoms with van der Waals surface area (Å²) in [5.74, 6) is 3.31. The van der Waals surface area contributed by atoms with Crippen LogP contribution >= 0.6 is 22.9 Å². The topological polar surface area (TPSA) is 30.0 Å². The second-order valence-corrected chi connectivity index (χ2v) is 12.2. The van der Waals surface area contributed by atoms with Crippen LogP contribution in [0.3, 0.4) is 0 Å². The lowest BCUT2D eigenvalue weighted by Gasteiger charge is -2.59. The summed E-state index contributed by atoms with van der Waals surface area (Å²) in [6, 6.07) is 8.11. The Balaban J connectivity index is 1.36. The Morgan fingerprint density at radius 2 is 1.87 bits per heavy atom. The lowest BCUT2D eigenvalue weighted by atomic mass is 9.46. The zero-order chi connectivity index (χ0) is 20.7. The van der Waals surface area contributed by atoms with Crippen molar-refractivity contribution in [1.29, 1.82) is 0 Å². The van der Waals surface area contributed by atoms with Crippen LogP contribution < -0.4 is 0 Å². The zero-order valence-electron chi connectivity index (χ0n) is 17.9. The van der Waals surface area contributed by atoms with Gasteiger partial charge in [0, 0.05) is 28.2 Å². The van der Waals surface area contributed by atoms with Crippen LogP contribution in [0.5, 0.6) is 0 Å². The van der Waals surface area contributed by atoms with Crippen molar-refractivity contribution in [1.82, 2.24) is 4.98 Å². The van der Waals surface area contributed by atoms with Crippen molar-refractivity contribution in [3.8, 4) is 10.6 Å². The van der Waals surface area contributed by atoms with E-state index >= 15 is 0 Å². The van der Waals surface area contributed by atoms with Crippen LogP contribution in [0.1, 0.15) is 75.3 Å². The first kappa shape index (κ1) is 19.5. The Bertz CT molecular complexity index is 1030. The van der Waals surface area contributed by atoms with Crippen LogP contribution in [-0.4, -0.2) is 10.8 Å². The Labute approximate surface area is 188 Å². The molecule has 3 fully saturated rings. The van der Waals surface area contributed by atoms with Gasteiger partial charge in [0.25, 0.3) is 0 Å². The predicted molar refractivity (Wildman–Crippen MR) is 123 cm³/mol. The number of fused-ring (bicyclic) bond motifs is 7. The molecule has 0 N–H and O–H groups in total. The molecule has 0 amide bonds. The normalized spacial score (nSPS) is 39.8. The number of nitrogens with zero attached hydrogens (tertiary/aromatic N) is 1. The number of benzene rings is 1. The van der Waals surface area contributed by atoms with E-state index in [0.717, 1.165) is 53.1 Å². The predicted octanol–water partition coefficient (Wildman–Crippen LogP) is 7.31. The van der Waals surface area contributed by atoms with E-state index in [-0.39, 0.29) is 5.41 Å². The fourth-order valence-corrected chi connectivity index (χ4v) is 9.70. The molecular weight excluding hydrogens is 410 g/mol. The van der Waals surface area contributed by atoms with E-state index in [4.69, 9.17) is 16.6 Å². The molecule has 0 bridgehead atoms. The molecule has 2 aromatic rings. The van der Waals surface area contributed by atoms with Crippen LogP contribution in [0.4, 0.5) is 0 Å². The van der Waals surface area contributed by atoms with Crippen molar-refractivity contribution in [2.75, 3.05) is 0 Å². The minimum Gasteiger partial charge on any atom is -0.299 e. The lowest BCUT2D eigenvalue weighted by Crippen LogP contribution is -2.52. The first-order valence-corrected chi connectivity index (χ1v) is 12.9. The fourth-order valence-electron chi connectivity index (χ4n) is 7.97. The molecule has 6 rings (SSSR count). The SMILES string of the molecule is C[C@]12CCc3nc(-c4ccccc4Cl)sc3C1CC[C@@H]1[C@@H]2CC[C@]2(C)C(=O)CC[C@@H]12. The second-order valence-electron chi connectivity index (χ2n) is 10.7. The summed E-state index contributed by atoms with van der Waals surface area (Å²) in [4.78, 5) is 19.3. The highest BCUT2D eigenvalue weighted by atomic mass is 35.5. The van der Waals surface area contributed by atoms with Crippen LogP contribution in [0.25, 0.3) is 10.6 Å². The van der Waals surface area contributed by atoms with Crippen molar-refractivity contribution in [3.63, 3.8) is 0 Å². The molecule has 3 saturated carbocycles. The lowest BCUT2D eigenvalue weighted by molar-refractivity contribution is -0.134. The Morgan fingerprint density at radius 1 is 1.03 bits per heavy atom. The number of aryl methyl sites for hydroxylation is 1. The van der Waals surface area contributed by atoms with Gasteiger partial charge in [-0.2, -0.15) is 0 Å². The number of Topliss-reactive ketones (excluding diaryl/α,β-unsaturated/α-hetero) is 1. The number of hydrogen-bond acceptors (Lipinski definition) is 3. The number of hydrogen-bond donors (Lipinski definition) is 0. The molecule has 0 radical (unpaired) electrons. The second kappa shape index (κ2) is 6.65. The average molecular weight is 440 g/mol. The number of carbonyl (C=O) groups is 1. The molecule has 4 aliphatic rings. The molecule has 2 nitrogen and oxygen atoms in total. The molecule has 30 heavy (non-hydrogen) atoms. The van der Waals surface area contributed by atoms with Gasteiger partial charge in [0.2, 0.25) is 0 Å². The summed E-state index contributed by atoms with van der Waals surface area (Å²) >= 11 is 8.39. The van der Waals surface area contributed by atoms with Crippen LogP contribution in [0.15, 0.2) is 24.3 Å². The Morgan fingerprint density at radius 3 is 2.70 bits per heavy atom. The van der Waals surface area contributed by atoms with Gasteiger partial charge in [0.05, 0.1) is 10.7 Å². The highest BCUT2D eigenvalue weighted by molar-refractivity contribution is 7.15. The van der Waals surface area contributed by atoms with Gasteiger partial charge >= 0.3 is 0 Å². The third-order valence-corrected chi connectivity index (χ3v) is 11.2. The maximum Gasteiger partial charge on any atom is 0.139 e. The van der Waals surface area contributed by atoms with Gasteiger partial charge in [-0.25, -0.2) is 4.98 Å². The van der Waals surface area contributed by atoms with Crippen molar-refractivity contribution >= 4 is 28.7 Å². The van der Waals surface area contributed by atoms with Crippen molar-refractivity contribution in [2.45, 2.75) is 71.1 Å². The summed E-state index contributed by atoms with van der Waals surface area (Å²) in [5, 5.41) is 1.89. The van der Waals surface area contributed by atoms with E-state index in [1.165, 1.54) is 36.3 Å². The number of thiazole rings is 1. The minimum absolute atomic E-state index is 0.0219. The molecule has 0 aliphatic heterocycles. The van der Waals surface area contributed by atoms with E-state index < -0.39 is 0 Å². The molecule has 0 spiro atoms.